The van der Waals surface area contributed by atoms with Gasteiger partial charge in [0.25, 0.3) is 5.69 Å². The third-order valence-corrected chi connectivity index (χ3v) is 3.44. The van der Waals surface area contributed by atoms with Crippen LogP contribution in [0, 0.1) is 10.1 Å². The van der Waals surface area contributed by atoms with Crippen molar-refractivity contribution in [1.82, 2.24) is 15.0 Å². The minimum absolute atomic E-state index is 0.0128. The largest absolute Gasteiger partial charge is 0.278 e. The summed E-state index contributed by atoms with van der Waals surface area (Å²) in [5, 5.41) is 19.1. The van der Waals surface area contributed by atoms with Crippen molar-refractivity contribution >= 4 is 21.6 Å². The second kappa shape index (κ2) is 5.45. The topological polar surface area (TPSA) is 73.8 Å². The van der Waals surface area contributed by atoms with E-state index in [1.807, 2.05) is 24.3 Å². The van der Waals surface area contributed by atoms with E-state index < -0.39 is 4.92 Å². The van der Waals surface area contributed by atoms with E-state index in [2.05, 4.69) is 26.2 Å². The molecule has 3 rings (SSSR count). The molecule has 21 heavy (non-hydrogen) atoms. The number of benzene rings is 2. The van der Waals surface area contributed by atoms with Crippen LogP contribution in [0.25, 0.3) is 16.9 Å². The van der Waals surface area contributed by atoms with E-state index in [-0.39, 0.29) is 5.69 Å². The van der Waals surface area contributed by atoms with Crippen LogP contribution in [0.15, 0.2) is 59.2 Å². The number of nitro groups is 1. The first-order chi connectivity index (χ1) is 10.1. The van der Waals surface area contributed by atoms with Crippen LogP contribution >= 0.6 is 15.9 Å². The fourth-order valence-electron chi connectivity index (χ4n) is 1.98. The summed E-state index contributed by atoms with van der Waals surface area (Å²) in [6.45, 7) is 0. The van der Waals surface area contributed by atoms with Gasteiger partial charge in [-0.1, -0.05) is 39.3 Å². The number of nitro benzene ring substituents is 1. The summed E-state index contributed by atoms with van der Waals surface area (Å²) in [5.74, 6) is 0. The van der Waals surface area contributed by atoms with Gasteiger partial charge in [0, 0.05) is 10.5 Å². The molecule has 0 saturated carbocycles. The summed E-state index contributed by atoms with van der Waals surface area (Å²) in [7, 11) is 0. The Balaban J connectivity index is 2.05. The summed E-state index contributed by atoms with van der Waals surface area (Å²) in [6.07, 6.45) is 1.67. The highest BCUT2D eigenvalue weighted by atomic mass is 79.9. The second-order valence-electron chi connectivity index (χ2n) is 4.30. The highest BCUT2D eigenvalue weighted by Gasteiger charge is 2.17. The Hall–Kier alpha value is -2.54. The number of halogens is 1. The standard InChI is InChI=1S/C14H9BrN4O2/c15-10-4-3-5-11(8-10)18-9-13(16-17-18)12-6-1-2-7-14(12)19(20)21/h1-9H. The molecule has 0 aliphatic carbocycles. The average Bonchev–Trinajstić information content (AvgIpc) is 2.97. The maximum absolute atomic E-state index is 11.1. The molecular weight excluding hydrogens is 336 g/mol. The SMILES string of the molecule is O=[N+]([O-])c1ccccc1-c1cn(-c2cccc(Br)c2)nn1. The van der Waals surface area contributed by atoms with Gasteiger partial charge in [0.1, 0.15) is 5.69 Å². The van der Waals surface area contributed by atoms with Crippen molar-refractivity contribution in [2.75, 3.05) is 0 Å². The lowest BCUT2D eigenvalue weighted by Gasteiger charge is -2.00. The molecule has 7 heteroatoms. The van der Waals surface area contributed by atoms with Crippen LogP contribution < -0.4 is 0 Å². The zero-order valence-corrected chi connectivity index (χ0v) is 12.3. The van der Waals surface area contributed by atoms with Crippen molar-refractivity contribution in [2.45, 2.75) is 0 Å². The average molecular weight is 345 g/mol. The van der Waals surface area contributed by atoms with Crippen molar-refractivity contribution in [3.8, 4) is 16.9 Å². The molecule has 0 unspecified atom stereocenters. The lowest BCUT2D eigenvalue weighted by Crippen LogP contribution is -1.94. The van der Waals surface area contributed by atoms with Crippen LogP contribution in [-0.4, -0.2) is 19.9 Å². The van der Waals surface area contributed by atoms with E-state index >= 15 is 0 Å². The Morgan fingerprint density at radius 2 is 1.95 bits per heavy atom. The molecule has 1 aromatic heterocycles. The van der Waals surface area contributed by atoms with Gasteiger partial charge >= 0.3 is 0 Å². The normalized spacial score (nSPS) is 10.5. The molecule has 0 aliphatic heterocycles. The maximum atomic E-state index is 11.1. The fourth-order valence-corrected chi connectivity index (χ4v) is 2.37. The van der Waals surface area contributed by atoms with Gasteiger partial charge in [-0.15, -0.1) is 5.10 Å². The first-order valence-corrected chi connectivity index (χ1v) is 6.86. The monoisotopic (exact) mass is 344 g/mol. The van der Waals surface area contributed by atoms with Crippen molar-refractivity contribution in [3.63, 3.8) is 0 Å². The van der Waals surface area contributed by atoms with Crippen LogP contribution in [0.3, 0.4) is 0 Å². The van der Waals surface area contributed by atoms with E-state index in [9.17, 15) is 10.1 Å². The van der Waals surface area contributed by atoms with Crippen molar-refractivity contribution in [3.05, 3.63) is 69.3 Å². The summed E-state index contributed by atoms with van der Waals surface area (Å²) in [5.41, 5.74) is 1.74. The third-order valence-electron chi connectivity index (χ3n) is 2.94. The van der Waals surface area contributed by atoms with Crippen LogP contribution in [0.2, 0.25) is 0 Å². The zero-order chi connectivity index (χ0) is 14.8. The Kier molecular flexibility index (Phi) is 3.49. The van der Waals surface area contributed by atoms with Crippen molar-refractivity contribution in [1.29, 1.82) is 0 Å². The molecule has 0 atom stereocenters. The first-order valence-electron chi connectivity index (χ1n) is 6.07. The van der Waals surface area contributed by atoms with Crippen LogP contribution in [0.5, 0.6) is 0 Å². The van der Waals surface area contributed by atoms with Gasteiger partial charge in [0.05, 0.1) is 22.4 Å². The van der Waals surface area contributed by atoms with Gasteiger partial charge in [-0.25, -0.2) is 4.68 Å². The number of aromatic nitrogens is 3. The molecule has 0 bridgehead atoms. The predicted octanol–water partition coefficient (Wildman–Crippen LogP) is 3.61. The van der Waals surface area contributed by atoms with Gasteiger partial charge in [0.2, 0.25) is 0 Å². The van der Waals surface area contributed by atoms with E-state index in [0.717, 1.165) is 10.2 Å². The summed E-state index contributed by atoms with van der Waals surface area (Å²) in [6, 6.07) is 14.0. The molecule has 0 radical (unpaired) electrons. The molecule has 1 heterocycles. The van der Waals surface area contributed by atoms with E-state index in [4.69, 9.17) is 0 Å². The predicted molar refractivity (Wildman–Crippen MR) is 81.1 cm³/mol. The van der Waals surface area contributed by atoms with E-state index in [0.29, 0.717) is 11.3 Å². The minimum Gasteiger partial charge on any atom is -0.258 e. The number of hydrogen-bond acceptors (Lipinski definition) is 4. The fraction of sp³-hybridized carbons (Fsp3) is 0. The number of para-hydroxylation sites is 1. The molecule has 0 fully saturated rings. The van der Waals surface area contributed by atoms with Crippen molar-refractivity contribution in [2.24, 2.45) is 0 Å². The Bertz CT molecular complexity index is 816. The van der Waals surface area contributed by atoms with Gasteiger partial charge in [-0.3, -0.25) is 10.1 Å². The van der Waals surface area contributed by atoms with Crippen LogP contribution in [0.4, 0.5) is 5.69 Å². The summed E-state index contributed by atoms with van der Waals surface area (Å²) >= 11 is 3.39. The van der Waals surface area contributed by atoms with Gasteiger partial charge in [-0.05, 0) is 24.3 Å². The molecule has 0 aliphatic rings. The minimum atomic E-state index is -0.423. The Morgan fingerprint density at radius 3 is 2.71 bits per heavy atom. The molecule has 104 valence electrons. The lowest BCUT2D eigenvalue weighted by atomic mass is 10.1. The molecular formula is C14H9BrN4O2. The number of rotatable bonds is 3. The van der Waals surface area contributed by atoms with E-state index in [1.54, 1.807) is 29.1 Å². The van der Waals surface area contributed by atoms with Crippen LogP contribution in [-0.2, 0) is 0 Å². The second-order valence-corrected chi connectivity index (χ2v) is 5.22. The molecule has 0 N–H and O–H groups in total. The van der Waals surface area contributed by atoms with Gasteiger partial charge < -0.3 is 0 Å². The van der Waals surface area contributed by atoms with Gasteiger partial charge in [0.15, 0.2) is 0 Å². The molecule has 0 amide bonds. The Morgan fingerprint density at radius 1 is 1.14 bits per heavy atom. The summed E-state index contributed by atoms with van der Waals surface area (Å²) < 4.78 is 2.50. The third kappa shape index (κ3) is 2.68. The Labute approximate surface area is 128 Å². The molecule has 2 aromatic carbocycles. The van der Waals surface area contributed by atoms with Crippen LogP contribution in [0.1, 0.15) is 0 Å². The van der Waals surface area contributed by atoms with E-state index in [1.165, 1.54) is 6.07 Å². The zero-order valence-electron chi connectivity index (χ0n) is 10.7. The number of hydrogen-bond donors (Lipinski definition) is 0. The summed E-state index contributed by atoms with van der Waals surface area (Å²) in [4.78, 5) is 10.6. The first kappa shape index (κ1) is 13.4. The molecule has 3 aromatic rings. The molecule has 0 spiro atoms. The lowest BCUT2D eigenvalue weighted by molar-refractivity contribution is -0.384. The van der Waals surface area contributed by atoms with Gasteiger partial charge in [-0.2, -0.15) is 0 Å². The molecule has 6 nitrogen and oxygen atoms in total. The number of nitrogens with zero attached hydrogens (tertiary/aromatic N) is 4. The maximum Gasteiger partial charge on any atom is 0.278 e. The quantitative estimate of drug-likeness (QED) is 0.537. The highest BCUT2D eigenvalue weighted by molar-refractivity contribution is 9.10. The van der Waals surface area contributed by atoms with Crippen molar-refractivity contribution < 1.29 is 4.92 Å². The molecule has 0 saturated heterocycles. The highest BCUT2D eigenvalue weighted by Crippen LogP contribution is 2.28. The smallest absolute Gasteiger partial charge is 0.258 e.